The zero-order valence-electron chi connectivity index (χ0n) is 12.7. The van der Waals surface area contributed by atoms with Crippen LogP contribution in [0.15, 0.2) is 46.3 Å². The number of nitrogens with zero attached hydrogens (tertiary/aromatic N) is 1. The van der Waals surface area contributed by atoms with Crippen molar-refractivity contribution in [3.8, 4) is 22.1 Å². The van der Waals surface area contributed by atoms with E-state index in [4.69, 9.17) is 14.0 Å². The lowest BCUT2D eigenvalue weighted by Crippen LogP contribution is -2.25. The number of ether oxygens (including phenoxy) is 2. The first-order chi connectivity index (χ1) is 11.8. The molecule has 0 saturated heterocycles. The van der Waals surface area contributed by atoms with Gasteiger partial charge in [0, 0.05) is 12.6 Å². The van der Waals surface area contributed by atoms with E-state index in [-0.39, 0.29) is 18.4 Å². The number of hydrogen-bond acceptors (Lipinski definition) is 6. The summed E-state index contributed by atoms with van der Waals surface area (Å²) in [5.41, 5.74) is 1.35. The van der Waals surface area contributed by atoms with Crippen molar-refractivity contribution in [2.45, 2.75) is 6.42 Å². The molecule has 3 aromatic rings. The van der Waals surface area contributed by atoms with E-state index in [9.17, 15) is 4.79 Å². The number of carbonyl (C=O) groups excluding carboxylic acids is 1. The first-order valence-electron chi connectivity index (χ1n) is 7.47. The lowest BCUT2D eigenvalue weighted by atomic mass is 10.1. The van der Waals surface area contributed by atoms with Crippen LogP contribution in [0.5, 0.6) is 11.5 Å². The van der Waals surface area contributed by atoms with Crippen LogP contribution < -0.4 is 14.8 Å². The van der Waals surface area contributed by atoms with E-state index in [1.807, 2.05) is 35.7 Å². The molecule has 0 fully saturated rings. The number of amides is 1. The van der Waals surface area contributed by atoms with E-state index in [1.165, 1.54) is 11.3 Å². The maximum Gasteiger partial charge on any atom is 0.273 e. The second-order valence-corrected chi connectivity index (χ2v) is 6.19. The van der Waals surface area contributed by atoms with Gasteiger partial charge in [-0.05, 0) is 35.6 Å². The van der Waals surface area contributed by atoms with Crippen LogP contribution in [0.4, 0.5) is 0 Å². The number of fused-ring (bicyclic) bond motifs is 1. The fourth-order valence-corrected chi connectivity index (χ4v) is 3.10. The summed E-state index contributed by atoms with van der Waals surface area (Å²) >= 11 is 1.54. The highest BCUT2D eigenvalue weighted by molar-refractivity contribution is 7.13. The van der Waals surface area contributed by atoms with Gasteiger partial charge >= 0.3 is 0 Å². The number of carbonyl (C=O) groups is 1. The molecule has 1 aliphatic rings. The number of thiophene rings is 1. The highest BCUT2D eigenvalue weighted by Crippen LogP contribution is 2.32. The molecule has 1 aliphatic heterocycles. The van der Waals surface area contributed by atoms with Crippen molar-refractivity contribution in [2.75, 3.05) is 13.3 Å². The highest BCUT2D eigenvalue weighted by atomic mass is 32.1. The molecule has 7 heteroatoms. The van der Waals surface area contributed by atoms with Crippen molar-refractivity contribution in [1.29, 1.82) is 0 Å². The van der Waals surface area contributed by atoms with Gasteiger partial charge in [-0.2, -0.15) is 0 Å². The Morgan fingerprint density at radius 1 is 1.21 bits per heavy atom. The van der Waals surface area contributed by atoms with E-state index >= 15 is 0 Å². The zero-order chi connectivity index (χ0) is 16.4. The Labute approximate surface area is 142 Å². The van der Waals surface area contributed by atoms with E-state index < -0.39 is 0 Å². The van der Waals surface area contributed by atoms with Crippen LogP contribution in [-0.4, -0.2) is 24.4 Å². The van der Waals surface area contributed by atoms with Crippen molar-refractivity contribution in [1.82, 2.24) is 10.5 Å². The number of rotatable bonds is 5. The monoisotopic (exact) mass is 342 g/mol. The summed E-state index contributed by atoms with van der Waals surface area (Å²) in [5.74, 6) is 1.86. The molecule has 0 unspecified atom stereocenters. The quantitative estimate of drug-likeness (QED) is 0.771. The molecule has 122 valence electrons. The molecular formula is C17H14N2O4S. The van der Waals surface area contributed by atoms with E-state index in [0.717, 1.165) is 21.9 Å². The van der Waals surface area contributed by atoms with Gasteiger partial charge in [-0.15, -0.1) is 11.3 Å². The van der Waals surface area contributed by atoms with Gasteiger partial charge in [0.2, 0.25) is 6.79 Å². The number of nitrogens with one attached hydrogen (secondary N) is 1. The van der Waals surface area contributed by atoms with Crippen LogP contribution in [0.25, 0.3) is 10.6 Å². The number of aromatic nitrogens is 1. The predicted octanol–water partition coefficient (Wildman–Crippen LogP) is 3.10. The third kappa shape index (κ3) is 2.98. The average Bonchev–Trinajstić information content (AvgIpc) is 3.33. The lowest BCUT2D eigenvalue weighted by Gasteiger charge is -2.04. The molecule has 0 spiro atoms. The van der Waals surface area contributed by atoms with Gasteiger partial charge in [0.1, 0.15) is 0 Å². The molecule has 6 nitrogen and oxygen atoms in total. The minimum atomic E-state index is -0.248. The molecule has 0 aliphatic carbocycles. The Morgan fingerprint density at radius 2 is 2.12 bits per heavy atom. The van der Waals surface area contributed by atoms with Crippen LogP contribution in [0, 0.1) is 0 Å². The Morgan fingerprint density at radius 3 is 3.00 bits per heavy atom. The van der Waals surface area contributed by atoms with Gasteiger partial charge in [-0.1, -0.05) is 17.3 Å². The molecule has 3 heterocycles. The Hall–Kier alpha value is -2.80. The van der Waals surface area contributed by atoms with Crippen LogP contribution in [0.3, 0.4) is 0 Å². The maximum atomic E-state index is 12.1. The molecule has 0 radical (unpaired) electrons. The molecule has 1 amide bonds. The lowest BCUT2D eigenvalue weighted by molar-refractivity contribution is 0.0945. The fraction of sp³-hybridized carbons (Fsp3) is 0.176. The summed E-state index contributed by atoms with van der Waals surface area (Å²) in [6.45, 7) is 0.758. The SMILES string of the molecule is O=C(NCCc1ccc2c(c1)OCO2)c1cc(-c2cccs2)on1. The Bertz CT molecular complexity index is 857. The first-order valence-corrected chi connectivity index (χ1v) is 8.35. The molecule has 24 heavy (non-hydrogen) atoms. The molecule has 2 aromatic heterocycles. The van der Waals surface area contributed by atoms with Gasteiger partial charge in [0.05, 0.1) is 4.88 Å². The van der Waals surface area contributed by atoms with Crippen LogP contribution in [0.1, 0.15) is 16.1 Å². The summed E-state index contributed by atoms with van der Waals surface area (Å²) in [6.07, 6.45) is 0.692. The van der Waals surface area contributed by atoms with Gasteiger partial charge in [0.25, 0.3) is 5.91 Å². The van der Waals surface area contributed by atoms with Crippen LogP contribution in [-0.2, 0) is 6.42 Å². The third-order valence-corrected chi connectivity index (χ3v) is 4.53. The molecule has 0 bridgehead atoms. The molecule has 1 N–H and O–H groups in total. The van der Waals surface area contributed by atoms with Gasteiger partial charge in [0.15, 0.2) is 23.0 Å². The minimum Gasteiger partial charge on any atom is -0.454 e. The van der Waals surface area contributed by atoms with Crippen molar-refractivity contribution in [3.63, 3.8) is 0 Å². The molecule has 1 aromatic carbocycles. The molecular weight excluding hydrogens is 328 g/mol. The summed E-state index contributed by atoms with van der Waals surface area (Å²) in [5, 5.41) is 8.62. The molecule has 0 saturated carbocycles. The fourth-order valence-electron chi connectivity index (χ4n) is 2.42. The summed E-state index contributed by atoms with van der Waals surface area (Å²) in [4.78, 5) is 13.1. The predicted molar refractivity (Wildman–Crippen MR) is 88.4 cm³/mol. The molecule has 0 atom stereocenters. The van der Waals surface area contributed by atoms with Crippen molar-refractivity contribution >= 4 is 17.2 Å². The van der Waals surface area contributed by atoms with Crippen molar-refractivity contribution < 1.29 is 18.8 Å². The van der Waals surface area contributed by atoms with E-state index in [1.54, 1.807) is 6.07 Å². The largest absolute Gasteiger partial charge is 0.454 e. The first kappa shape index (κ1) is 14.8. The number of hydrogen-bond donors (Lipinski definition) is 1. The summed E-state index contributed by atoms with van der Waals surface area (Å²) in [6, 6.07) is 11.3. The highest BCUT2D eigenvalue weighted by Gasteiger charge is 2.15. The topological polar surface area (TPSA) is 73.6 Å². The van der Waals surface area contributed by atoms with Crippen LogP contribution >= 0.6 is 11.3 Å². The van der Waals surface area contributed by atoms with E-state index in [0.29, 0.717) is 18.7 Å². The number of benzene rings is 1. The average molecular weight is 342 g/mol. The van der Waals surface area contributed by atoms with Gasteiger partial charge < -0.3 is 19.3 Å². The van der Waals surface area contributed by atoms with Gasteiger partial charge in [-0.25, -0.2) is 0 Å². The second-order valence-electron chi connectivity index (χ2n) is 5.25. The normalized spacial score (nSPS) is 12.3. The smallest absolute Gasteiger partial charge is 0.273 e. The zero-order valence-corrected chi connectivity index (χ0v) is 13.5. The summed E-state index contributed by atoms with van der Waals surface area (Å²) < 4.78 is 15.8. The molecule has 4 rings (SSSR count). The van der Waals surface area contributed by atoms with E-state index in [2.05, 4.69) is 10.5 Å². The Kier molecular flexibility index (Phi) is 3.92. The summed E-state index contributed by atoms with van der Waals surface area (Å²) in [7, 11) is 0. The maximum absolute atomic E-state index is 12.1. The minimum absolute atomic E-state index is 0.248. The third-order valence-electron chi connectivity index (χ3n) is 3.64. The van der Waals surface area contributed by atoms with Crippen molar-refractivity contribution in [3.05, 3.63) is 53.0 Å². The standard InChI is InChI=1S/C17H14N2O4S/c20-17(12-9-15(23-19-12)16-2-1-7-24-16)18-6-5-11-3-4-13-14(8-11)22-10-21-13/h1-4,7-9H,5-6,10H2,(H,18,20). The van der Waals surface area contributed by atoms with Crippen molar-refractivity contribution in [2.24, 2.45) is 0 Å². The van der Waals surface area contributed by atoms with Gasteiger partial charge in [-0.3, -0.25) is 4.79 Å². The second kappa shape index (κ2) is 6.37. The van der Waals surface area contributed by atoms with Crippen LogP contribution in [0.2, 0.25) is 0 Å². The Balaban J connectivity index is 1.33.